The summed E-state index contributed by atoms with van der Waals surface area (Å²) in [5, 5.41) is 10.4. The van der Waals surface area contributed by atoms with Crippen molar-refractivity contribution < 1.29 is 32.3 Å². The van der Waals surface area contributed by atoms with Crippen molar-refractivity contribution in [1.29, 1.82) is 0 Å². The Morgan fingerprint density at radius 3 is 2.62 bits per heavy atom. The number of amides is 1. The van der Waals surface area contributed by atoms with Gasteiger partial charge in [-0.25, -0.2) is 9.18 Å². The molecule has 2 heterocycles. The zero-order valence-electron chi connectivity index (χ0n) is 12.6. The summed E-state index contributed by atoms with van der Waals surface area (Å²) in [6, 6.07) is 5.73. The summed E-state index contributed by atoms with van der Waals surface area (Å²) in [6.45, 7) is 1.83. The third kappa shape index (κ3) is 3.84. The van der Waals surface area contributed by atoms with Crippen molar-refractivity contribution in [3.05, 3.63) is 34.9 Å². The number of aliphatic carboxylic acids is 1. The summed E-state index contributed by atoms with van der Waals surface area (Å²) in [5.41, 5.74) is 2.13. The standard InChI is InChI=1S/C13H15FN2O.C2HF3O2/c14-7-10-3-1-2-9-6-11-8-15-4-5-16(11)13(17)12(9)10;3-2(4,5)1(6)7/h1-3,11,15H,4-8H2;(H,6,7)/t11-;/m1./s1. The van der Waals surface area contributed by atoms with Crippen LogP contribution in [-0.4, -0.2) is 53.7 Å². The van der Waals surface area contributed by atoms with Crippen molar-refractivity contribution in [1.82, 2.24) is 10.2 Å². The molecule has 1 aromatic carbocycles. The Morgan fingerprint density at radius 2 is 2.04 bits per heavy atom. The molecule has 9 heteroatoms. The molecule has 0 radical (unpaired) electrons. The minimum absolute atomic E-state index is 0.00556. The topological polar surface area (TPSA) is 69.6 Å². The number of carbonyl (C=O) groups excluding carboxylic acids is 1. The largest absolute Gasteiger partial charge is 0.490 e. The fraction of sp³-hybridized carbons (Fsp3) is 0.467. The molecule has 1 saturated heterocycles. The maximum atomic E-state index is 12.9. The molecule has 1 amide bonds. The van der Waals surface area contributed by atoms with Crippen molar-refractivity contribution in [3.8, 4) is 0 Å². The molecule has 1 aromatic rings. The van der Waals surface area contributed by atoms with Gasteiger partial charge in [0.25, 0.3) is 5.91 Å². The van der Waals surface area contributed by atoms with E-state index in [1.165, 1.54) is 0 Å². The van der Waals surface area contributed by atoms with Crippen LogP contribution in [0.25, 0.3) is 0 Å². The number of nitrogens with zero attached hydrogens (tertiary/aromatic N) is 1. The fourth-order valence-electron chi connectivity index (χ4n) is 2.82. The number of carboxylic acids is 1. The molecule has 2 aliphatic heterocycles. The Kier molecular flexibility index (Phi) is 5.43. The second kappa shape index (κ2) is 7.16. The van der Waals surface area contributed by atoms with Crippen molar-refractivity contribution in [2.24, 2.45) is 0 Å². The number of rotatable bonds is 1. The Labute approximate surface area is 135 Å². The van der Waals surface area contributed by atoms with Crippen LogP contribution in [-0.2, 0) is 17.9 Å². The molecule has 1 atom stereocenters. The number of fused-ring (bicyclic) bond motifs is 2. The van der Waals surface area contributed by atoms with Crippen LogP contribution in [0.1, 0.15) is 21.5 Å². The molecule has 0 bridgehead atoms. The van der Waals surface area contributed by atoms with E-state index in [9.17, 15) is 22.4 Å². The molecule has 132 valence electrons. The second-order valence-corrected chi connectivity index (χ2v) is 5.45. The van der Waals surface area contributed by atoms with E-state index in [0.29, 0.717) is 11.1 Å². The molecule has 3 rings (SSSR count). The number of hydrogen-bond donors (Lipinski definition) is 2. The number of halogens is 4. The molecule has 0 aliphatic carbocycles. The van der Waals surface area contributed by atoms with E-state index >= 15 is 0 Å². The molecule has 0 unspecified atom stereocenters. The van der Waals surface area contributed by atoms with Crippen LogP contribution >= 0.6 is 0 Å². The van der Waals surface area contributed by atoms with Crippen molar-refractivity contribution in [2.75, 3.05) is 19.6 Å². The maximum Gasteiger partial charge on any atom is 0.490 e. The van der Waals surface area contributed by atoms with E-state index in [-0.39, 0.29) is 11.9 Å². The van der Waals surface area contributed by atoms with Gasteiger partial charge in [0.15, 0.2) is 0 Å². The summed E-state index contributed by atoms with van der Waals surface area (Å²) in [6.07, 6.45) is -4.25. The van der Waals surface area contributed by atoms with E-state index < -0.39 is 18.8 Å². The zero-order valence-corrected chi connectivity index (χ0v) is 12.6. The molecule has 1 fully saturated rings. The van der Waals surface area contributed by atoms with E-state index in [0.717, 1.165) is 31.6 Å². The lowest BCUT2D eigenvalue weighted by atomic mass is 9.89. The normalized spacial score (nSPS) is 19.8. The molecular formula is C15H16F4N2O3. The van der Waals surface area contributed by atoms with Gasteiger partial charge >= 0.3 is 12.1 Å². The molecule has 2 aliphatic rings. The monoisotopic (exact) mass is 348 g/mol. The number of nitrogens with one attached hydrogen (secondary N) is 1. The van der Waals surface area contributed by atoms with Crippen LogP contribution < -0.4 is 5.32 Å². The fourth-order valence-corrected chi connectivity index (χ4v) is 2.82. The predicted octanol–water partition coefficient (Wildman–Crippen LogP) is 1.76. The van der Waals surface area contributed by atoms with E-state index in [1.54, 1.807) is 6.07 Å². The van der Waals surface area contributed by atoms with Crippen LogP contribution in [0.5, 0.6) is 0 Å². The number of carbonyl (C=O) groups is 2. The highest BCUT2D eigenvalue weighted by molar-refractivity contribution is 5.98. The number of carboxylic acid groups (broad SMARTS) is 1. The second-order valence-electron chi connectivity index (χ2n) is 5.45. The molecular weight excluding hydrogens is 332 g/mol. The lowest BCUT2D eigenvalue weighted by Gasteiger charge is -2.40. The quantitative estimate of drug-likeness (QED) is 0.759. The lowest BCUT2D eigenvalue weighted by Crippen LogP contribution is -2.56. The minimum Gasteiger partial charge on any atom is -0.475 e. The van der Waals surface area contributed by atoms with E-state index in [4.69, 9.17) is 9.90 Å². The zero-order chi connectivity index (χ0) is 17.9. The molecule has 0 aromatic heterocycles. The van der Waals surface area contributed by atoms with Gasteiger partial charge in [-0.2, -0.15) is 13.2 Å². The first-order valence-corrected chi connectivity index (χ1v) is 7.24. The van der Waals surface area contributed by atoms with Gasteiger partial charge in [0, 0.05) is 31.2 Å². The summed E-state index contributed by atoms with van der Waals surface area (Å²) < 4.78 is 44.7. The van der Waals surface area contributed by atoms with Gasteiger partial charge in [-0.05, 0) is 17.5 Å². The minimum atomic E-state index is -5.08. The van der Waals surface area contributed by atoms with Crippen molar-refractivity contribution in [2.45, 2.75) is 25.3 Å². The van der Waals surface area contributed by atoms with E-state index in [1.807, 2.05) is 17.0 Å². The average Bonchev–Trinajstić information content (AvgIpc) is 2.54. The summed E-state index contributed by atoms with van der Waals surface area (Å²) in [7, 11) is 0. The van der Waals surface area contributed by atoms with Crippen molar-refractivity contribution in [3.63, 3.8) is 0 Å². The number of alkyl halides is 4. The van der Waals surface area contributed by atoms with Crippen LogP contribution in [0.4, 0.5) is 17.6 Å². The molecule has 5 nitrogen and oxygen atoms in total. The van der Waals surface area contributed by atoms with Crippen LogP contribution in [0.15, 0.2) is 18.2 Å². The van der Waals surface area contributed by atoms with Gasteiger partial charge in [0.05, 0.1) is 0 Å². The van der Waals surface area contributed by atoms with E-state index in [2.05, 4.69) is 5.32 Å². The first-order valence-electron chi connectivity index (χ1n) is 7.24. The Balaban J connectivity index is 0.000000256. The number of piperazine rings is 1. The van der Waals surface area contributed by atoms with Crippen LogP contribution in [0.3, 0.4) is 0 Å². The number of benzene rings is 1. The Bertz CT molecular complexity index is 634. The van der Waals surface area contributed by atoms with Gasteiger partial charge in [-0.15, -0.1) is 0 Å². The first-order chi connectivity index (χ1) is 11.3. The summed E-state index contributed by atoms with van der Waals surface area (Å²) in [4.78, 5) is 23.1. The highest BCUT2D eigenvalue weighted by Crippen LogP contribution is 2.27. The third-order valence-corrected chi connectivity index (χ3v) is 3.90. The van der Waals surface area contributed by atoms with Gasteiger partial charge in [-0.3, -0.25) is 4.79 Å². The van der Waals surface area contributed by atoms with Gasteiger partial charge < -0.3 is 15.3 Å². The van der Waals surface area contributed by atoms with Gasteiger partial charge in [0.1, 0.15) is 6.67 Å². The molecule has 24 heavy (non-hydrogen) atoms. The van der Waals surface area contributed by atoms with Crippen LogP contribution in [0, 0.1) is 0 Å². The van der Waals surface area contributed by atoms with Crippen LogP contribution in [0.2, 0.25) is 0 Å². The third-order valence-electron chi connectivity index (χ3n) is 3.90. The van der Waals surface area contributed by atoms with Gasteiger partial charge in [-0.1, -0.05) is 18.2 Å². The highest BCUT2D eigenvalue weighted by Gasteiger charge is 2.38. The predicted molar refractivity (Wildman–Crippen MR) is 76.3 cm³/mol. The van der Waals surface area contributed by atoms with Gasteiger partial charge in [0.2, 0.25) is 0 Å². The summed E-state index contributed by atoms with van der Waals surface area (Å²) >= 11 is 0. The van der Waals surface area contributed by atoms with Crippen molar-refractivity contribution >= 4 is 11.9 Å². The SMILES string of the molecule is O=C(O)C(F)(F)F.O=C1c2c(CF)cccc2C[C@@H]2CNCCN12. The Hall–Kier alpha value is -2.16. The molecule has 0 spiro atoms. The summed E-state index contributed by atoms with van der Waals surface area (Å²) in [5.74, 6) is -2.75. The smallest absolute Gasteiger partial charge is 0.475 e. The number of hydrogen-bond acceptors (Lipinski definition) is 3. The molecule has 0 saturated carbocycles. The average molecular weight is 348 g/mol. The first kappa shape index (κ1) is 18.2. The Morgan fingerprint density at radius 1 is 1.38 bits per heavy atom. The molecule has 2 N–H and O–H groups in total. The highest BCUT2D eigenvalue weighted by atomic mass is 19.4. The lowest BCUT2D eigenvalue weighted by molar-refractivity contribution is -0.192. The maximum absolute atomic E-state index is 12.9.